The number of rotatable bonds is 5. The first-order chi connectivity index (χ1) is 9.02. The summed E-state index contributed by atoms with van der Waals surface area (Å²) in [5.41, 5.74) is 0. The summed E-state index contributed by atoms with van der Waals surface area (Å²) in [5.74, 6) is -1.38. The molecule has 0 aliphatic carbocycles. The minimum absolute atomic E-state index is 0.0949. The van der Waals surface area contributed by atoms with Crippen LogP contribution < -0.4 is 5.32 Å². The molecule has 0 aromatic carbocycles. The van der Waals surface area contributed by atoms with E-state index in [2.05, 4.69) is 5.32 Å². The Morgan fingerprint density at radius 3 is 2.74 bits per heavy atom. The van der Waals surface area contributed by atoms with E-state index in [-0.39, 0.29) is 11.8 Å². The van der Waals surface area contributed by atoms with Crippen LogP contribution in [0.15, 0.2) is 17.5 Å². The van der Waals surface area contributed by atoms with Crippen molar-refractivity contribution in [3.63, 3.8) is 0 Å². The normalized spacial score (nSPS) is 14.2. The Bertz CT molecular complexity index is 573. The van der Waals surface area contributed by atoms with Crippen molar-refractivity contribution in [3.05, 3.63) is 22.4 Å². The van der Waals surface area contributed by atoms with Gasteiger partial charge in [-0.15, -0.1) is 22.7 Å². The summed E-state index contributed by atoms with van der Waals surface area (Å²) < 4.78 is 2.12. The van der Waals surface area contributed by atoms with Crippen molar-refractivity contribution in [2.24, 2.45) is 5.92 Å². The van der Waals surface area contributed by atoms with Gasteiger partial charge in [0.25, 0.3) is 5.91 Å². The summed E-state index contributed by atoms with van der Waals surface area (Å²) in [6.07, 6.45) is 0.705. The van der Waals surface area contributed by atoms with Gasteiger partial charge in [0.1, 0.15) is 6.04 Å². The van der Waals surface area contributed by atoms with Gasteiger partial charge in [-0.05, 0) is 23.4 Å². The van der Waals surface area contributed by atoms with E-state index in [1.165, 1.54) is 11.3 Å². The Labute approximate surface area is 119 Å². The van der Waals surface area contributed by atoms with E-state index in [4.69, 9.17) is 5.11 Å². The molecule has 0 saturated heterocycles. The predicted octanol–water partition coefficient (Wildman–Crippen LogP) is 3.19. The van der Waals surface area contributed by atoms with E-state index in [0.717, 1.165) is 9.40 Å². The lowest BCUT2D eigenvalue weighted by molar-refractivity contribution is -0.140. The Balaban J connectivity index is 2.15. The number of aliphatic carboxylic acids is 1. The summed E-state index contributed by atoms with van der Waals surface area (Å²) in [6, 6.07) is 2.94. The molecular formula is C13H15NO3S2. The molecule has 2 rings (SSSR count). The Kier molecular flexibility index (Phi) is 4.21. The van der Waals surface area contributed by atoms with Gasteiger partial charge in [-0.1, -0.05) is 20.3 Å². The number of nitrogens with one attached hydrogen (secondary N) is 1. The van der Waals surface area contributed by atoms with Crippen molar-refractivity contribution in [1.82, 2.24) is 5.32 Å². The molecule has 1 amide bonds. The smallest absolute Gasteiger partial charge is 0.326 e. The van der Waals surface area contributed by atoms with Crippen LogP contribution in [0.5, 0.6) is 0 Å². The summed E-state index contributed by atoms with van der Waals surface area (Å²) in [4.78, 5) is 23.8. The molecule has 6 heteroatoms. The fourth-order valence-corrected chi connectivity index (χ4v) is 3.78. The molecule has 4 nitrogen and oxygen atoms in total. The zero-order valence-electron chi connectivity index (χ0n) is 10.7. The van der Waals surface area contributed by atoms with E-state index in [0.29, 0.717) is 11.3 Å². The highest BCUT2D eigenvalue weighted by Crippen LogP contribution is 2.30. The highest BCUT2D eigenvalue weighted by Gasteiger charge is 2.26. The zero-order chi connectivity index (χ0) is 14.0. The van der Waals surface area contributed by atoms with Gasteiger partial charge in [0.15, 0.2) is 0 Å². The molecule has 102 valence electrons. The third-order valence-electron chi connectivity index (χ3n) is 3.13. The first-order valence-corrected chi connectivity index (χ1v) is 7.73. The van der Waals surface area contributed by atoms with Crippen molar-refractivity contribution in [3.8, 4) is 0 Å². The number of carboxylic acids is 1. The number of carbonyl (C=O) groups is 2. The highest BCUT2D eigenvalue weighted by molar-refractivity contribution is 7.27. The molecule has 2 aromatic heterocycles. The third kappa shape index (κ3) is 2.96. The van der Waals surface area contributed by atoms with Crippen LogP contribution in [0, 0.1) is 5.92 Å². The van der Waals surface area contributed by atoms with Gasteiger partial charge >= 0.3 is 5.97 Å². The maximum absolute atomic E-state index is 12.1. The Morgan fingerprint density at radius 1 is 1.42 bits per heavy atom. The van der Waals surface area contributed by atoms with Crippen molar-refractivity contribution in [1.29, 1.82) is 0 Å². The standard InChI is InChI=1S/C13H15NO3S2/c1-3-7(2)11(13(16)17)14-12(15)10-6-9-8(19-10)4-5-18-9/h4-7,11H,3H2,1-2H3,(H,14,15)(H,16,17)/t7?,11-/m0/s1. The SMILES string of the molecule is CCC(C)[C@H](NC(=O)c1cc2sccc2s1)C(=O)O. The molecule has 0 radical (unpaired) electrons. The second-order valence-electron chi connectivity index (χ2n) is 4.43. The van der Waals surface area contributed by atoms with Crippen LogP contribution in [0.1, 0.15) is 29.9 Å². The second kappa shape index (κ2) is 5.71. The lowest BCUT2D eigenvalue weighted by Gasteiger charge is -2.19. The number of thiophene rings is 2. The van der Waals surface area contributed by atoms with Gasteiger partial charge in [0.2, 0.25) is 0 Å². The van der Waals surface area contributed by atoms with Crippen LogP contribution in [0.3, 0.4) is 0 Å². The van der Waals surface area contributed by atoms with Crippen molar-refractivity contribution in [2.75, 3.05) is 0 Å². The number of fused-ring (bicyclic) bond motifs is 1. The quantitative estimate of drug-likeness (QED) is 0.890. The Morgan fingerprint density at radius 2 is 2.16 bits per heavy atom. The topological polar surface area (TPSA) is 66.4 Å². The van der Waals surface area contributed by atoms with Gasteiger partial charge in [-0.3, -0.25) is 4.79 Å². The molecule has 2 atom stereocenters. The summed E-state index contributed by atoms with van der Waals surface area (Å²) in [6.45, 7) is 3.74. The van der Waals surface area contributed by atoms with Crippen LogP contribution in [0.4, 0.5) is 0 Å². The minimum Gasteiger partial charge on any atom is -0.480 e. The third-order valence-corrected chi connectivity index (χ3v) is 5.22. The van der Waals surface area contributed by atoms with Crippen LogP contribution >= 0.6 is 22.7 Å². The average Bonchev–Trinajstić information content (AvgIpc) is 2.94. The van der Waals surface area contributed by atoms with Crippen molar-refractivity contribution in [2.45, 2.75) is 26.3 Å². The lowest BCUT2D eigenvalue weighted by atomic mass is 9.99. The van der Waals surface area contributed by atoms with Crippen LogP contribution in [-0.2, 0) is 4.79 Å². The maximum atomic E-state index is 12.1. The van der Waals surface area contributed by atoms with E-state index < -0.39 is 12.0 Å². The zero-order valence-corrected chi connectivity index (χ0v) is 12.3. The largest absolute Gasteiger partial charge is 0.480 e. The summed E-state index contributed by atoms with van der Waals surface area (Å²) in [5, 5.41) is 13.7. The van der Waals surface area contributed by atoms with E-state index in [9.17, 15) is 9.59 Å². The predicted molar refractivity (Wildman–Crippen MR) is 78.0 cm³/mol. The van der Waals surface area contributed by atoms with Crippen molar-refractivity contribution >= 4 is 43.9 Å². The van der Waals surface area contributed by atoms with E-state index >= 15 is 0 Å². The number of carbonyl (C=O) groups excluding carboxylic acids is 1. The molecule has 0 aliphatic rings. The number of amides is 1. The van der Waals surface area contributed by atoms with E-state index in [1.807, 2.05) is 31.4 Å². The maximum Gasteiger partial charge on any atom is 0.326 e. The molecule has 0 bridgehead atoms. The molecule has 0 aliphatic heterocycles. The number of hydrogen-bond donors (Lipinski definition) is 2. The molecule has 2 aromatic rings. The summed E-state index contributed by atoms with van der Waals surface area (Å²) in [7, 11) is 0. The van der Waals surface area contributed by atoms with Crippen LogP contribution in [0.25, 0.3) is 9.40 Å². The Hall–Kier alpha value is -1.40. The number of hydrogen-bond acceptors (Lipinski definition) is 4. The fraction of sp³-hybridized carbons (Fsp3) is 0.385. The second-order valence-corrected chi connectivity index (χ2v) is 6.47. The minimum atomic E-state index is -0.985. The first kappa shape index (κ1) is 14.0. The van der Waals surface area contributed by atoms with Crippen LogP contribution in [-0.4, -0.2) is 23.0 Å². The van der Waals surface area contributed by atoms with Gasteiger partial charge in [0, 0.05) is 9.40 Å². The monoisotopic (exact) mass is 297 g/mol. The summed E-state index contributed by atoms with van der Waals surface area (Å²) >= 11 is 2.97. The molecule has 1 unspecified atom stereocenters. The van der Waals surface area contributed by atoms with Gasteiger partial charge in [0.05, 0.1) is 4.88 Å². The van der Waals surface area contributed by atoms with Gasteiger partial charge < -0.3 is 10.4 Å². The van der Waals surface area contributed by atoms with Crippen LogP contribution in [0.2, 0.25) is 0 Å². The van der Waals surface area contributed by atoms with Gasteiger partial charge in [-0.2, -0.15) is 0 Å². The molecule has 2 heterocycles. The lowest BCUT2D eigenvalue weighted by Crippen LogP contribution is -2.44. The first-order valence-electron chi connectivity index (χ1n) is 6.03. The molecule has 2 N–H and O–H groups in total. The van der Waals surface area contributed by atoms with Crippen molar-refractivity contribution < 1.29 is 14.7 Å². The van der Waals surface area contributed by atoms with Gasteiger partial charge in [-0.25, -0.2) is 4.79 Å². The fourth-order valence-electron chi connectivity index (χ4n) is 1.77. The van der Waals surface area contributed by atoms with E-state index in [1.54, 1.807) is 11.3 Å². The highest BCUT2D eigenvalue weighted by atomic mass is 32.1. The molecule has 0 spiro atoms. The molecule has 0 fully saturated rings. The molecule has 19 heavy (non-hydrogen) atoms. The molecular weight excluding hydrogens is 282 g/mol. The molecule has 0 saturated carbocycles. The number of carboxylic acid groups (broad SMARTS) is 1. The average molecular weight is 297 g/mol.